The number of nitrogens with zero attached hydrogens (tertiary/aromatic N) is 4. The first-order valence-electron chi connectivity index (χ1n) is 12.9. The minimum atomic E-state index is -4.13. The highest BCUT2D eigenvalue weighted by Crippen LogP contribution is 2.44. The average Bonchev–Trinajstić information content (AvgIpc) is 3.21. The number of anilines is 1. The molecular weight excluding hydrogens is 457 g/mol. The van der Waals surface area contributed by atoms with Crippen molar-refractivity contribution < 1.29 is 23.1 Å². The zero-order chi connectivity index (χ0) is 25.5. The van der Waals surface area contributed by atoms with Crippen molar-refractivity contribution in [3.05, 3.63) is 23.0 Å². The van der Waals surface area contributed by atoms with Crippen molar-refractivity contribution in [1.82, 2.24) is 14.6 Å². The predicted octanol–water partition coefficient (Wildman–Crippen LogP) is 6.47. The lowest BCUT2D eigenvalue weighted by atomic mass is 9.76. The Bertz CT molecular complexity index is 1070. The monoisotopic (exact) mass is 494 g/mol. The molecular formula is C26H37F3N4O2. The van der Waals surface area contributed by atoms with Crippen LogP contribution >= 0.6 is 0 Å². The van der Waals surface area contributed by atoms with Crippen LogP contribution in [0.25, 0.3) is 5.65 Å². The third-order valence-electron chi connectivity index (χ3n) is 8.07. The highest BCUT2D eigenvalue weighted by atomic mass is 19.4. The predicted molar refractivity (Wildman–Crippen MR) is 129 cm³/mol. The minimum absolute atomic E-state index is 0.0227. The second-order valence-corrected chi connectivity index (χ2v) is 10.9. The molecule has 194 valence electrons. The minimum Gasteiger partial charge on any atom is -0.481 e. The summed E-state index contributed by atoms with van der Waals surface area (Å²) in [5.41, 5.74) is 2.60. The van der Waals surface area contributed by atoms with Gasteiger partial charge in [-0.3, -0.25) is 4.79 Å². The Morgan fingerprint density at radius 3 is 2.51 bits per heavy atom. The van der Waals surface area contributed by atoms with Crippen LogP contribution < -0.4 is 4.90 Å². The second kappa shape index (κ2) is 9.62. The standard InChI is InChI=1S/C26H37F3N4O2/c1-5-11-25(24(34)35)12-6-13-32(15-25)23-22(16(2)3)17(4)30-21-14-20(31-33(21)23)18-7-9-19(10-8-18)26(27,28)29/h14,16,18-19H,5-13,15H2,1-4H3,(H,34,35)/t18-,19-,25?. The van der Waals surface area contributed by atoms with E-state index in [0.29, 0.717) is 37.9 Å². The van der Waals surface area contributed by atoms with Crippen LogP contribution in [0.1, 0.15) is 101 Å². The van der Waals surface area contributed by atoms with Crippen molar-refractivity contribution in [1.29, 1.82) is 0 Å². The van der Waals surface area contributed by atoms with Gasteiger partial charge in [0.05, 0.1) is 17.0 Å². The quantitative estimate of drug-likeness (QED) is 0.498. The average molecular weight is 495 g/mol. The molecule has 1 aliphatic carbocycles. The number of hydrogen-bond donors (Lipinski definition) is 1. The molecule has 2 fully saturated rings. The van der Waals surface area contributed by atoms with E-state index in [2.05, 4.69) is 18.7 Å². The van der Waals surface area contributed by atoms with Gasteiger partial charge in [-0.05, 0) is 57.8 Å². The van der Waals surface area contributed by atoms with E-state index in [1.54, 1.807) is 0 Å². The zero-order valence-corrected chi connectivity index (χ0v) is 21.2. The molecule has 1 unspecified atom stereocenters. The summed E-state index contributed by atoms with van der Waals surface area (Å²) in [6.45, 7) is 9.35. The summed E-state index contributed by atoms with van der Waals surface area (Å²) in [5.74, 6) is -0.955. The molecule has 0 bridgehead atoms. The summed E-state index contributed by atoms with van der Waals surface area (Å²) in [7, 11) is 0. The van der Waals surface area contributed by atoms with E-state index >= 15 is 0 Å². The fourth-order valence-electron chi connectivity index (χ4n) is 6.31. The maximum Gasteiger partial charge on any atom is 0.391 e. The summed E-state index contributed by atoms with van der Waals surface area (Å²) in [6, 6.07) is 1.92. The molecule has 3 heterocycles. The van der Waals surface area contributed by atoms with Gasteiger partial charge in [-0.25, -0.2) is 4.98 Å². The molecule has 1 saturated carbocycles. The number of rotatable bonds is 6. The first-order chi connectivity index (χ1) is 16.5. The summed E-state index contributed by atoms with van der Waals surface area (Å²) in [4.78, 5) is 19.3. The Balaban J connectivity index is 1.74. The summed E-state index contributed by atoms with van der Waals surface area (Å²) in [5, 5.41) is 15.0. The molecule has 1 aliphatic heterocycles. The lowest BCUT2D eigenvalue weighted by molar-refractivity contribution is -0.182. The van der Waals surface area contributed by atoms with Gasteiger partial charge in [0.2, 0.25) is 0 Å². The molecule has 1 N–H and O–H groups in total. The molecule has 0 aromatic carbocycles. The third-order valence-corrected chi connectivity index (χ3v) is 8.07. The molecule has 0 radical (unpaired) electrons. The van der Waals surface area contributed by atoms with Gasteiger partial charge in [0.25, 0.3) is 0 Å². The topological polar surface area (TPSA) is 70.7 Å². The van der Waals surface area contributed by atoms with E-state index < -0.39 is 23.5 Å². The number of halogens is 3. The van der Waals surface area contributed by atoms with Crippen LogP contribution in [0.3, 0.4) is 0 Å². The number of hydrogen-bond acceptors (Lipinski definition) is 4. The lowest BCUT2D eigenvalue weighted by Crippen LogP contribution is -2.49. The van der Waals surface area contributed by atoms with Gasteiger partial charge >= 0.3 is 12.1 Å². The Morgan fingerprint density at radius 1 is 1.26 bits per heavy atom. The number of carboxylic acids is 1. The first-order valence-corrected chi connectivity index (χ1v) is 12.9. The van der Waals surface area contributed by atoms with Crippen molar-refractivity contribution in [3.8, 4) is 0 Å². The third kappa shape index (κ3) is 4.87. The summed E-state index contributed by atoms with van der Waals surface area (Å²) in [6.07, 6.45) is -0.100. The van der Waals surface area contributed by atoms with Crippen molar-refractivity contribution in [2.24, 2.45) is 11.3 Å². The molecule has 1 atom stereocenters. The van der Waals surface area contributed by atoms with Gasteiger partial charge in [-0.2, -0.15) is 22.8 Å². The molecule has 6 nitrogen and oxygen atoms in total. The van der Waals surface area contributed by atoms with Crippen LogP contribution in [0.2, 0.25) is 0 Å². The fourth-order valence-corrected chi connectivity index (χ4v) is 6.31. The Morgan fingerprint density at radius 2 is 1.94 bits per heavy atom. The van der Waals surface area contributed by atoms with Crippen LogP contribution in [0, 0.1) is 18.3 Å². The van der Waals surface area contributed by atoms with Gasteiger partial charge in [-0.15, -0.1) is 0 Å². The molecule has 0 amide bonds. The van der Waals surface area contributed by atoms with Gasteiger partial charge in [0.15, 0.2) is 5.65 Å². The second-order valence-electron chi connectivity index (χ2n) is 10.9. The lowest BCUT2D eigenvalue weighted by Gasteiger charge is -2.42. The van der Waals surface area contributed by atoms with E-state index in [0.717, 1.165) is 42.2 Å². The number of fused-ring (bicyclic) bond motifs is 1. The summed E-state index contributed by atoms with van der Waals surface area (Å²) >= 11 is 0. The van der Waals surface area contributed by atoms with E-state index in [1.165, 1.54) is 0 Å². The van der Waals surface area contributed by atoms with Gasteiger partial charge in [0.1, 0.15) is 5.82 Å². The van der Waals surface area contributed by atoms with E-state index in [4.69, 9.17) is 10.1 Å². The summed E-state index contributed by atoms with van der Waals surface area (Å²) < 4.78 is 41.3. The zero-order valence-electron chi connectivity index (χ0n) is 21.2. The highest BCUT2D eigenvalue weighted by molar-refractivity contribution is 5.76. The number of carboxylic acid groups (broad SMARTS) is 1. The molecule has 35 heavy (non-hydrogen) atoms. The molecule has 2 aromatic heterocycles. The molecule has 4 rings (SSSR count). The van der Waals surface area contributed by atoms with Crippen LogP contribution in [0.5, 0.6) is 0 Å². The van der Waals surface area contributed by atoms with E-state index in [1.807, 2.05) is 24.4 Å². The van der Waals surface area contributed by atoms with Crippen LogP contribution in [-0.2, 0) is 4.79 Å². The molecule has 9 heteroatoms. The Hall–Kier alpha value is -2.32. The fraction of sp³-hybridized carbons (Fsp3) is 0.731. The van der Waals surface area contributed by atoms with Gasteiger partial charge in [-0.1, -0.05) is 27.2 Å². The van der Waals surface area contributed by atoms with Crippen LogP contribution in [-0.4, -0.2) is 44.9 Å². The normalized spacial score (nSPS) is 26.0. The SMILES string of the molecule is CCCC1(C(=O)O)CCCN(c2c(C(C)C)c(C)nc3cc([C@H]4CC[C@H](C(F)(F)F)CC4)nn23)C1. The van der Waals surface area contributed by atoms with Crippen LogP contribution in [0.4, 0.5) is 19.0 Å². The molecule has 1 saturated heterocycles. The van der Waals surface area contributed by atoms with Gasteiger partial charge < -0.3 is 10.0 Å². The molecule has 2 aliphatic rings. The van der Waals surface area contributed by atoms with Gasteiger partial charge in [0, 0.05) is 36.3 Å². The largest absolute Gasteiger partial charge is 0.481 e. The van der Waals surface area contributed by atoms with Crippen molar-refractivity contribution in [3.63, 3.8) is 0 Å². The van der Waals surface area contributed by atoms with Crippen molar-refractivity contribution in [2.45, 2.75) is 97.1 Å². The molecule has 0 spiro atoms. The van der Waals surface area contributed by atoms with E-state index in [-0.39, 0.29) is 24.7 Å². The number of aryl methyl sites for hydroxylation is 1. The van der Waals surface area contributed by atoms with Crippen molar-refractivity contribution in [2.75, 3.05) is 18.0 Å². The Labute approximate surface area is 204 Å². The highest BCUT2D eigenvalue weighted by Gasteiger charge is 2.44. The number of piperidine rings is 1. The number of carbonyl (C=O) groups is 1. The smallest absolute Gasteiger partial charge is 0.391 e. The molecule has 2 aromatic rings. The van der Waals surface area contributed by atoms with Crippen molar-refractivity contribution >= 4 is 17.4 Å². The number of aliphatic carboxylic acids is 1. The maximum atomic E-state index is 13.2. The maximum absolute atomic E-state index is 13.2. The first kappa shape index (κ1) is 25.8. The van der Waals surface area contributed by atoms with Crippen LogP contribution in [0.15, 0.2) is 6.07 Å². The Kier molecular flexibility index (Phi) is 7.08. The number of alkyl halides is 3. The van der Waals surface area contributed by atoms with E-state index in [9.17, 15) is 23.1 Å². The number of aromatic nitrogens is 3.